The highest BCUT2D eigenvalue weighted by Gasteiger charge is 2.19. The molecule has 2 aromatic rings. The van der Waals surface area contributed by atoms with Gasteiger partial charge in [-0.05, 0) is 24.3 Å². The molecule has 5 nitrogen and oxygen atoms in total. The lowest BCUT2D eigenvalue weighted by atomic mass is 10.1. The number of aromatic carboxylic acids is 1. The van der Waals surface area contributed by atoms with Crippen molar-refractivity contribution in [1.29, 1.82) is 0 Å². The lowest BCUT2D eigenvalue weighted by molar-refractivity contribution is 0.0693. The maximum absolute atomic E-state index is 13.5. The van der Waals surface area contributed by atoms with Crippen molar-refractivity contribution in [3.8, 4) is 5.75 Å². The van der Waals surface area contributed by atoms with E-state index in [1.807, 2.05) is 0 Å². The van der Waals surface area contributed by atoms with E-state index in [9.17, 15) is 14.0 Å². The molecule has 0 aliphatic rings. The van der Waals surface area contributed by atoms with Gasteiger partial charge in [0.15, 0.2) is 0 Å². The van der Waals surface area contributed by atoms with E-state index in [0.29, 0.717) is 5.75 Å². The number of methoxy groups -OCH3 is 1. The van der Waals surface area contributed by atoms with Crippen molar-refractivity contribution in [2.75, 3.05) is 12.4 Å². The van der Waals surface area contributed by atoms with Crippen LogP contribution in [0, 0.1) is 5.82 Å². The minimum absolute atomic E-state index is 0.113. The van der Waals surface area contributed by atoms with Crippen LogP contribution in [0.1, 0.15) is 20.7 Å². The van der Waals surface area contributed by atoms with Crippen LogP contribution in [0.2, 0.25) is 0 Å². The lowest BCUT2D eigenvalue weighted by Crippen LogP contribution is -2.16. The fourth-order valence-corrected chi connectivity index (χ4v) is 1.87. The molecule has 0 aliphatic heterocycles. The SMILES string of the molecule is COc1ccccc1C(=O)Nc1cccc(F)c1C(=O)O. The summed E-state index contributed by atoms with van der Waals surface area (Å²) < 4.78 is 18.6. The summed E-state index contributed by atoms with van der Waals surface area (Å²) in [6.07, 6.45) is 0. The molecule has 0 saturated carbocycles. The molecular formula is C15H12FNO4. The molecule has 0 spiro atoms. The van der Waals surface area contributed by atoms with Crippen LogP contribution < -0.4 is 10.1 Å². The molecule has 0 radical (unpaired) electrons. The van der Waals surface area contributed by atoms with Crippen LogP contribution in [0.3, 0.4) is 0 Å². The van der Waals surface area contributed by atoms with Crippen molar-refractivity contribution in [1.82, 2.24) is 0 Å². The van der Waals surface area contributed by atoms with Crippen molar-refractivity contribution in [2.24, 2.45) is 0 Å². The van der Waals surface area contributed by atoms with Gasteiger partial charge in [0.1, 0.15) is 17.1 Å². The number of carboxylic acids is 1. The van der Waals surface area contributed by atoms with Gasteiger partial charge >= 0.3 is 5.97 Å². The molecule has 0 saturated heterocycles. The normalized spacial score (nSPS) is 10.0. The zero-order chi connectivity index (χ0) is 15.4. The van der Waals surface area contributed by atoms with Gasteiger partial charge < -0.3 is 15.2 Å². The second kappa shape index (κ2) is 6.04. The summed E-state index contributed by atoms with van der Waals surface area (Å²) in [6.45, 7) is 0. The van der Waals surface area contributed by atoms with Crippen molar-refractivity contribution in [3.63, 3.8) is 0 Å². The monoisotopic (exact) mass is 289 g/mol. The van der Waals surface area contributed by atoms with Gasteiger partial charge in [0.25, 0.3) is 5.91 Å². The van der Waals surface area contributed by atoms with E-state index in [1.54, 1.807) is 18.2 Å². The van der Waals surface area contributed by atoms with Crippen molar-refractivity contribution in [3.05, 3.63) is 59.4 Å². The summed E-state index contributed by atoms with van der Waals surface area (Å²) in [4.78, 5) is 23.2. The molecule has 21 heavy (non-hydrogen) atoms. The third kappa shape index (κ3) is 3.00. The van der Waals surface area contributed by atoms with Crippen LogP contribution in [0.5, 0.6) is 5.75 Å². The molecule has 6 heteroatoms. The summed E-state index contributed by atoms with van der Waals surface area (Å²) in [5.41, 5.74) is -0.472. The molecule has 0 heterocycles. The molecular weight excluding hydrogens is 277 g/mol. The summed E-state index contributed by atoms with van der Waals surface area (Å²) in [6, 6.07) is 10.1. The molecule has 0 aliphatic carbocycles. The third-order valence-corrected chi connectivity index (χ3v) is 2.83. The zero-order valence-electron chi connectivity index (χ0n) is 11.1. The zero-order valence-corrected chi connectivity index (χ0v) is 11.1. The number of carbonyl (C=O) groups is 2. The van der Waals surface area contributed by atoms with Crippen LogP contribution in [-0.4, -0.2) is 24.1 Å². The Bertz CT molecular complexity index is 700. The van der Waals surface area contributed by atoms with E-state index in [4.69, 9.17) is 9.84 Å². The molecule has 2 aromatic carbocycles. The highest BCUT2D eigenvalue weighted by molar-refractivity contribution is 6.09. The number of hydrogen-bond donors (Lipinski definition) is 2. The number of carboxylic acid groups (broad SMARTS) is 1. The number of halogens is 1. The number of nitrogens with one attached hydrogen (secondary N) is 1. The summed E-state index contributed by atoms with van der Waals surface area (Å²) >= 11 is 0. The molecule has 0 atom stereocenters. The first-order valence-electron chi connectivity index (χ1n) is 6.00. The van der Waals surface area contributed by atoms with Crippen LogP contribution in [-0.2, 0) is 0 Å². The minimum Gasteiger partial charge on any atom is -0.496 e. The maximum atomic E-state index is 13.5. The predicted molar refractivity (Wildman–Crippen MR) is 74.3 cm³/mol. The molecule has 0 fully saturated rings. The predicted octanol–water partition coefficient (Wildman–Crippen LogP) is 2.78. The Hall–Kier alpha value is -2.89. The molecule has 2 N–H and O–H groups in total. The average Bonchev–Trinajstić information content (AvgIpc) is 2.46. The number of ether oxygens (including phenoxy) is 1. The number of amides is 1. The van der Waals surface area contributed by atoms with Gasteiger partial charge in [0, 0.05) is 0 Å². The van der Waals surface area contributed by atoms with Gasteiger partial charge in [-0.1, -0.05) is 18.2 Å². The Morgan fingerprint density at radius 2 is 1.86 bits per heavy atom. The van der Waals surface area contributed by atoms with Crippen molar-refractivity contribution < 1.29 is 23.8 Å². The first-order valence-corrected chi connectivity index (χ1v) is 6.00. The number of rotatable bonds is 4. The second-order valence-electron chi connectivity index (χ2n) is 4.12. The summed E-state index contributed by atoms with van der Waals surface area (Å²) in [5.74, 6) is -2.62. The smallest absolute Gasteiger partial charge is 0.340 e. The van der Waals surface area contributed by atoms with Crippen LogP contribution in [0.15, 0.2) is 42.5 Å². The fourth-order valence-electron chi connectivity index (χ4n) is 1.87. The Kier molecular flexibility index (Phi) is 4.18. The lowest BCUT2D eigenvalue weighted by Gasteiger charge is -2.11. The first-order chi connectivity index (χ1) is 10.0. The molecule has 0 aromatic heterocycles. The molecule has 2 rings (SSSR count). The fraction of sp³-hybridized carbons (Fsp3) is 0.0667. The number of benzene rings is 2. The molecule has 108 valence electrons. The number of hydrogen-bond acceptors (Lipinski definition) is 3. The third-order valence-electron chi connectivity index (χ3n) is 2.83. The summed E-state index contributed by atoms with van der Waals surface area (Å²) in [7, 11) is 1.41. The largest absolute Gasteiger partial charge is 0.496 e. The van der Waals surface area contributed by atoms with E-state index in [-0.39, 0.29) is 11.3 Å². The minimum atomic E-state index is -1.46. The highest BCUT2D eigenvalue weighted by Crippen LogP contribution is 2.22. The van der Waals surface area contributed by atoms with Gasteiger partial charge in [-0.3, -0.25) is 4.79 Å². The Labute approximate surface area is 120 Å². The Balaban J connectivity index is 2.37. The average molecular weight is 289 g/mol. The number of anilines is 1. The van der Waals surface area contributed by atoms with Gasteiger partial charge in [-0.15, -0.1) is 0 Å². The van der Waals surface area contributed by atoms with Gasteiger partial charge in [0.05, 0.1) is 18.4 Å². The van der Waals surface area contributed by atoms with E-state index >= 15 is 0 Å². The second-order valence-corrected chi connectivity index (χ2v) is 4.12. The standard InChI is InChI=1S/C15H12FNO4/c1-21-12-8-3-2-5-9(12)14(18)17-11-7-4-6-10(16)13(11)15(19)20/h2-8H,1H3,(H,17,18)(H,19,20). The van der Waals surface area contributed by atoms with E-state index in [0.717, 1.165) is 6.07 Å². The molecule has 0 unspecified atom stereocenters. The number of para-hydroxylation sites is 1. The summed E-state index contributed by atoms with van der Waals surface area (Å²) in [5, 5.41) is 11.4. The van der Waals surface area contributed by atoms with Gasteiger partial charge in [-0.2, -0.15) is 0 Å². The van der Waals surface area contributed by atoms with E-state index in [1.165, 1.54) is 25.3 Å². The van der Waals surface area contributed by atoms with E-state index < -0.39 is 23.3 Å². The van der Waals surface area contributed by atoms with Crippen molar-refractivity contribution >= 4 is 17.6 Å². The van der Waals surface area contributed by atoms with Crippen LogP contribution >= 0.6 is 0 Å². The highest BCUT2D eigenvalue weighted by atomic mass is 19.1. The molecule has 1 amide bonds. The maximum Gasteiger partial charge on any atom is 0.340 e. The van der Waals surface area contributed by atoms with Crippen LogP contribution in [0.25, 0.3) is 0 Å². The van der Waals surface area contributed by atoms with Gasteiger partial charge in [-0.25, -0.2) is 9.18 Å². The van der Waals surface area contributed by atoms with E-state index in [2.05, 4.69) is 5.32 Å². The topological polar surface area (TPSA) is 75.6 Å². The van der Waals surface area contributed by atoms with Gasteiger partial charge in [0.2, 0.25) is 0 Å². The van der Waals surface area contributed by atoms with Crippen molar-refractivity contribution in [2.45, 2.75) is 0 Å². The quantitative estimate of drug-likeness (QED) is 0.907. The first kappa shape index (κ1) is 14.5. The number of carbonyl (C=O) groups excluding carboxylic acids is 1. The molecule has 0 bridgehead atoms. The van der Waals surface area contributed by atoms with Crippen LogP contribution in [0.4, 0.5) is 10.1 Å². The Morgan fingerprint density at radius 3 is 2.52 bits per heavy atom. The Morgan fingerprint density at radius 1 is 1.14 bits per heavy atom.